The third-order valence-electron chi connectivity index (χ3n) is 6.65. The smallest absolute Gasteiger partial charge is 0.340 e. The van der Waals surface area contributed by atoms with Crippen LogP contribution in [0.3, 0.4) is 0 Å². The summed E-state index contributed by atoms with van der Waals surface area (Å²) in [6, 6.07) is 7.50. The van der Waals surface area contributed by atoms with Gasteiger partial charge < -0.3 is 34.5 Å². The van der Waals surface area contributed by atoms with Gasteiger partial charge in [-0.3, -0.25) is 4.79 Å². The van der Waals surface area contributed by atoms with Gasteiger partial charge in [0.05, 0.1) is 30.3 Å². The molecule has 9 nitrogen and oxygen atoms in total. The molecule has 0 spiro atoms. The van der Waals surface area contributed by atoms with Crippen molar-refractivity contribution in [1.29, 1.82) is 0 Å². The second kappa shape index (κ2) is 13.7. The van der Waals surface area contributed by atoms with Crippen LogP contribution in [0.4, 0.5) is 0 Å². The lowest BCUT2D eigenvalue weighted by Gasteiger charge is -2.38. The lowest BCUT2D eigenvalue weighted by Crippen LogP contribution is -2.49. The first-order chi connectivity index (χ1) is 17.2. The number of aliphatic hydroxyl groups excluding tert-OH is 2. The van der Waals surface area contributed by atoms with Crippen molar-refractivity contribution in [3.8, 4) is 0 Å². The summed E-state index contributed by atoms with van der Waals surface area (Å²) in [6.45, 7) is 3.76. The number of fused-ring (bicyclic) bond motifs is 1. The van der Waals surface area contributed by atoms with Crippen LogP contribution in [0.25, 0.3) is 10.9 Å². The van der Waals surface area contributed by atoms with Gasteiger partial charge in [-0.2, -0.15) is 0 Å². The van der Waals surface area contributed by atoms with Crippen molar-refractivity contribution in [3.63, 3.8) is 0 Å². The minimum absolute atomic E-state index is 0.0976. The number of para-hydroxylation sites is 1. The number of nitrogens with one attached hydrogen (secondary N) is 1. The summed E-state index contributed by atoms with van der Waals surface area (Å²) in [6.07, 6.45) is 4.22. The Morgan fingerprint density at radius 2 is 1.83 bits per heavy atom. The Hall–Kier alpha value is -2.46. The van der Waals surface area contributed by atoms with Crippen LogP contribution in [-0.2, 0) is 19.0 Å². The number of unbranched alkanes of at least 4 members (excludes halogenated alkanes) is 4. The number of H-pyrrole nitrogens is 1. The Bertz CT molecular complexity index is 976. The summed E-state index contributed by atoms with van der Waals surface area (Å²) in [7, 11) is 0. The van der Waals surface area contributed by atoms with E-state index in [0.717, 1.165) is 49.4 Å². The molecule has 1 saturated heterocycles. The first-order valence-electron chi connectivity index (χ1n) is 12.9. The highest BCUT2D eigenvalue weighted by Crippen LogP contribution is 2.27. The molecule has 200 valence electrons. The van der Waals surface area contributed by atoms with E-state index in [-0.39, 0.29) is 18.9 Å². The van der Waals surface area contributed by atoms with Crippen molar-refractivity contribution in [1.82, 2.24) is 4.98 Å². The van der Waals surface area contributed by atoms with Crippen molar-refractivity contribution in [3.05, 3.63) is 36.0 Å². The topological polar surface area (TPSA) is 138 Å². The van der Waals surface area contributed by atoms with Crippen LogP contribution in [0.15, 0.2) is 30.5 Å². The molecule has 4 N–H and O–H groups in total. The SMILES string of the molecule is C[C@H](CCCCCCC[C@@H](O)CC(=O)O)O[C@@H]1O[C@@H](C)[C@H](OC(=O)c2c[nH]c3ccccc23)C[C@H]1O. The summed E-state index contributed by atoms with van der Waals surface area (Å²) in [5.41, 5.74) is 1.31. The molecule has 0 radical (unpaired) electrons. The number of hydrogen-bond donors (Lipinski definition) is 4. The first-order valence-corrected chi connectivity index (χ1v) is 12.9. The summed E-state index contributed by atoms with van der Waals surface area (Å²) < 4.78 is 17.5. The first kappa shape index (κ1) is 28.1. The van der Waals surface area contributed by atoms with Gasteiger partial charge in [-0.15, -0.1) is 0 Å². The second-order valence-corrected chi connectivity index (χ2v) is 9.75. The maximum absolute atomic E-state index is 12.7. The number of carboxylic acids is 1. The van der Waals surface area contributed by atoms with Gasteiger partial charge in [0.15, 0.2) is 6.29 Å². The molecule has 1 fully saturated rings. The van der Waals surface area contributed by atoms with Crippen molar-refractivity contribution in [2.75, 3.05) is 0 Å². The zero-order valence-electron chi connectivity index (χ0n) is 21.1. The molecule has 1 aliphatic heterocycles. The van der Waals surface area contributed by atoms with Crippen LogP contribution in [0.1, 0.15) is 82.0 Å². The highest BCUT2D eigenvalue weighted by molar-refractivity contribution is 6.04. The summed E-state index contributed by atoms with van der Waals surface area (Å²) in [5, 5.41) is 29.6. The highest BCUT2D eigenvalue weighted by Gasteiger charge is 2.38. The number of ether oxygens (including phenoxy) is 3. The van der Waals surface area contributed by atoms with Crippen LogP contribution in [0, 0.1) is 0 Å². The molecule has 1 aliphatic rings. The van der Waals surface area contributed by atoms with Crippen molar-refractivity contribution in [2.45, 2.75) is 108 Å². The van der Waals surface area contributed by atoms with Crippen molar-refractivity contribution >= 4 is 22.8 Å². The van der Waals surface area contributed by atoms with Gasteiger partial charge in [0, 0.05) is 23.5 Å². The number of aliphatic carboxylic acids is 1. The molecule has 1 aromatic heterocycles. The van der Waals surface area contributed by atoms with Crippen LogP contribution >= 0.6 is 0 Å². The number of rotatable bonds is 14. The predicted octanol–water partition coefficient (Wildman–Crippen LogP) is 4.16. The lowest BCUT2D eigenvalue weighted by atomic mass is 10.0. The fraction of sp³-hybridized carbons (Fsp3) is 0.630. The zero-order chi connectivity index (χ0) is 26.1. The van der Waals surface area contributed by atoms with E-state index in [2.05, 4.69) is 4.98 Å². The van der Waals surface area contributed by atoms with Gasteiger partial charge in [0.25, 0.3) is 0 Å². The zero-order valence-corrected chi connectivity index (χ0v) is 21.1. The van der Waals surface area contributed by atoms with Gasteiger partial charge in [0.1, 0.15) is 12.2 Å². The maximum atomic E-state index is 12.7. The minimum atomic E-state index is -0.972. The van der Waals surface area contributed by atoms with E-state index < -0.39 is 42.6 Å². The number of benzene rings is 1. The molecule has 9 heteroatoms. The fourth-order valence-corrected chi connectivity index (χ4v) is 4.58. The molecule has 0 unspecified atom stereocenters. The van der Waals surface area contributed by atoms with Crippen LogP contribution < -0.4 is 0 Å². The quantitative estimate of drug-likeness (QED) is 0.222. The summed E-state index contributed by atoms with van der Waals surface area (Å²) >= 11 is 0. The number of carboxylic acid groups (broad SMARTS) is 1. The molecule has 0 saturated carbocycles. The molecule has 36 heavy (non-hydrogen) atoms. The Morgan fingerprint density at radius 3 is 2.58 bits per heavy atom. The number of aromatic nitrogens is 1. The molecule has 0 bridgehead atoms. The van der Waals surface area contributed by atoms with Gasteiger partial charge in [-0.05, 0) is 32.8 Å². The largest absolute Gasteiger partial charge is 0.481 e. The molecular formula is C27H39NO8. The number of hydrogen-bond acceptors (Lipinski definition) is 7. The fourth-order valence-electron chi connectivity index (χ4n) is 4.58. The molecule has 1 aromatic carbocycles. The molecular weight excluding hydrogens is 466 g/mol. The summed E-state index contributed by atoms with van der Waals surface area (Å²) in [4.78, 5) is 26.4. The van der Waals surface area contributed by atoms with E-state index in [4.69, 9.17) is 19.3 Å². The van der Waals surface area contributed by atoms with Crippen molar-refractivity contribution in [2.24, 2.45) is 0 Å². The van der Waals surface area contributed by atoms with Gasteiger partial charge >= 0.3 is 11.9 Å². The van der Waals surface area contributed by atoms with Crippen molar-refractivity contribution < 1.29 is 39.1 Å². The van der Waals surface area contributed by atoms with Crippen LogP contribution in [0.2, 0.25) is 0 Å². The molecule has 6 atom stereocenters. The molecule has 2 aromatic rings. The number of carbonyl (C=O) groups is 2. The average Bonchev–Trinajstić information content (AvgIpc) is 3.25. The number of aromatic amines is 1. The van der Waals surface area contributed by atoms with Gasteiger partial charge in [-0.25, -0.2) is 4.79 Å². The normalized spacial score (nSPS) is 23.9. The maximum Gasteiger partial charge on any atom is 0.340 e. The summed E-state index contributed by atoms with van der Waals surface area (Å²) in [5.74, 6) is -1.43. The molecule has 2 heterocycles. The third kappa shape index (κ3) is 8.30. The van der Waals surface area contributed by atoms with E-state index in [1.165, 1.54) is 0 Å². The Morgan fingerprint density at radius 1 is 1.14 bits per heavy atom. The van der Waals surface area contributed by atoms with Crippen LogP contribution in [-0.4, -0.2) is 69.1 Å². The third-order valence-corrected chi connectivity index (χ3v) is 6.65. The second-order valence-electron chi connectivity index (χ2n) is 9.75. The van der Waals surface area contributed by atoms with E-state index >= 15 is 0 Å². The monoisotopic (exact) mass is 505 g/mol. The van der Waals surface area contributed by atoms with Gasteiger partial charge in [-0.1, -0.05) is 50.3 Å². The number of carbonyl (C=O) groups excluding carboxylic acids is 1. The molecule has 0 amide bonds. The van der Waals surface area contributed by atoms with E-state index in [9.17, 15) is 19.8 Å². The van der Waals surface area contributed by atoms with Crippen LogP contribution in [0.5, 0.6) is 0 Å². The predicted molar refractivity (Wildman–Crippen MR) is 134 cm³/mol. The Kier molecular flexibility index (Phi) is 10.7. The van der Waals surface area contributed by atoms with Gasteiger partial charge in [0.2, 0.25) is 0 Å². The number of esters is 1. The van der Waals surface area contributed by atoms with E-state index in [0.29, 0.717) is 12.0 Å². The molecule has 0 aliphatic carbocycles. The lowest BCUT2D eigenvalue weighted by molar-refractivity contribution is -0.273. The Balaban J connectivity index is 1.34. The highest BCUT2D eigenvalue weighted by atomic mass is 16.7. The molecule has 3 rings (SSSR count). The standard InChI is InChI=1S/C27H39NO8/c1-17(10-6-4-3-5-7-11-19(29)14-25(31)32)34-27-23(30)15-24(18(2)35-27)36-26(33)21-16-28-22-13-9-8-12-20(21)22/h8-9,12-13,16-19,23-24,27-30H,3-7,10-11,14-15H2,1-2H3,(H,31,32)/t17-,18+,19-,23-,24-,27-/m1/s1. The minimum Gasteiger partial charge on any atom is -0.481 e. The van der Waals surface area contributed by atoms with E-state index in [1.54, 1.807) is 6.20 Å². The van der Waals surface area contributed by atoms with E-state index in [1.807, 2.05) is 38.1 Å². The average molecular weight is 506 g/mol. The number of aliphatic hydroxyl groups is 2. The Labute approximate surface area is 211 Å².